The number of ether oxygens (including phenoxy) is 1. The Bertz CT molecular complexity index is 664. The summed E-state index contributed by atoms with van der Waals surface area (Å²) < 4.78 is 10.4. The molecule has 2 aromatic heterocycles. The number of aromatic nitrogens is 4. The van der Waals surface area contributed by atoms with Gasteiger partial charge < -0.3 is 14.2 Å². The van der Waals surface area contributed by atoms with Crippen molar-refractivity contribution in [3.8, 4) is 6.01 Å². The van der Waals surface area contributed by atoms with Crippen molar-refractivity contribution in [3.05, 3.63) is 22.9 Å². The minimum atomic E-state index is -0.00743. The van der Waals surface area contributed by atoms with Crippen LogP contribution in [0.25, 0.3) is 0 Å². The smallest absolute Gasteiger partial charge is 0.318 e. The van der Waals surface area contributed by atoms with Crippen molar-refractivity contribution in [2.24, 2.45) is 0 Å². The van der Waals surface area contributed by atoms with E-state index < -0.39 is 0 Å². The fourth-order valence-corrected chi connectivity index (χ4v) is 2.65. The van der Waals surface area contributed by atoms with Gasteiger partial charge in [-0.3, -0.25) is 4.90 Å². The van der Waals surface area contributed by atoms with Crippen LogP contribution in [-0.4, -0.2) is 58.8 Å². The second-order valence-electron chi connectivity index (χ2n) is 5.15. The van der Waals surface area contributed by atoms with E-state index in [9.17, 15) is 0 Å². The van der Waals surface area contributed by atoms with E-state index in [0.717, 1.165) is 13.1 Å². The zero-order valence-corrected chi connectivity index (χ0v) is 13.4. The lowest BCUT2D eigenvalue weighted by molar-refractivity contribution is 0.177. The maximum Gasteiger partial charge on any atom is 0.318 e. The average molecular weight is 325 g/mol. The SMILES string of the molecule is COc1ncc(Cl)c(N2CCN(C)[C@H](c3nc(C)no3)C2)n1. The highest BCUT2D eigenvalue weighted by Crippen LogP contribution is 2.30. The zero-order valence-electron chi connectivity index (χ0n) is 12.7. The summed E-state index contributed by atoms with van der Waals surface area (Å²) in [7, 11) is 3.56. The molecular weight excluding hydrogens is 308 g/mol. The zero-order chi connectivity index (χ0) is 15.7. The van der Waals surface area contributed by atoms with Crippen LogP contribution in [0.3, 0.4) is 0 Å². The van der Waals surface area contributed by atoms with Crippen LogP contribution in [-0.2, 0) is 0 Å². The predicted octanol–water partition coefficient (Wildman–Crippen LogP) is 1.32. The molecule has 0 unspecified atom stereocenters. The van der Waals surface area contributed by atoms with Gasteiger partial charge in [-0.25, -0.2) is 4.98 Å². The Morgan fingerprint density at radius 3 is 2.86 bits per heavy atom. The normalized spacial score (nSPS) is 19.5. The van der Waals surface area contributed by atoms with E-state index in [-0.39, 0.29) is 6.04 Å². The van der Waals surface area contributed by atoms with Gasteiger partial charge in [-0.15, -0.1) is 0 Å². The average Bonchev–Trinajstić information content (AvgIpc) is 2.95. The molecule has 0 N–H and O–H groups in total. The largest absolute Gasteiger partial charge is 0.467 e. The van der Waals surface area contributed by atoms with Crippen LogP contribution in [0.15, 0.2) is 10.7 Å². The number of halogens is 1. The quantitative estimate of drug-likeness (QED) is 0.836. The molecule has 8 nitrogen and oxygen atoms in total. The molecule has 9 heteroatoms. The fourth-order valence-electron chi connectivity index (χ4n) is 2.44. The van der Waals surface area contributed by atoms with Crippen molar-refractivity contribution in [2.75, 3.05) is 38.7 Å². The number of nitrogens with zero attached hydrogens (tertiary/aromatic N) is 6. The van der Waals surface area contributed by atoms with Crippen molar-refractivity contribution < 1.29 is 9.26 Å². The minimum absolute atomic E-state index is 0.00743. The van der Waals surface area contributed by atoms with Gasteiger partial charge in [-0.05, 0) is 14.0 Å². The van der Waals surface area contributed by atoms with Gasteiger partial charge in [0.2, 0.25) is 5.89 Å². The van der Waals surface area contributed by atoms with Crippen molar-refractivity contribution >= 4 is 17.4 Å². The summed E-state index contributed by atoms with van der Waals surface area (Å²) in [6.07, 6.45) is 1.55. The monoisotopic (exact) mass is 324 g/mol. The van der Waals surface area contributed by atoms with Crippen molar-refractivity contribution in [1.29, 1.82) is 0 Å². The Hall–Kier alpha value is -1.93. The van der Waals surface area contributed by atoms with Crippen LogP contribution in [0.1, 0.15) is 17.8 Å². The second-order valence-corrected chi connectivity index (χ2v) is 5.56. The van der Waals surface area contributed by atoms with Gasteiger partial charge in [0.05, 0.1) is 13.3 Å². The van der Waals surface area contributed by atoms with Crippen molar-refractivity contribution in [1.82, 2.24) is 25.0 Å². The minimum Gasteiger partial charge on any atom is -0.467 e. The van der Waals surface area contributed by atoms with E-state index >= 15 is 0 Å². The van der Waals surface area contributed by atoms with Gasteiger partial charge in [0, 0.05) is 19.6 Å². The Labute approximate surface area is 133 Å². The molecular formula is C13H17ClN6O2. The van der Waals surface area contributed by atoms with Crippen molar-refractivity contribution in [3.63, 3.8) is 0 Å². The van der Waals surface area contributed by atoms with E-state index in [1.807, 2.05) is 7.05 Å². The summed E-state index contributed by atoms with van der Waals surface area (Å²) in [4.78, 5) is 16.9. The van der Waals surface area contributed by atoms with Crippen LogP contribution in [0, 0.1) is 6.92 Å². The van der Waals surface area contributed by atoms with Gasteiger partial charge in [-0.2, -0.15) is 9.97 Å². The first-order chi connectivity index (χ1) is 10.6. The van der Waals surface area contributed by atoms with E-state index in [2.05, 4.69) is 29.9 Å². The number of anilines is 1. The number of hydrogen-bond donors (Lipinski definition) is 0. The van der Waals surface area contributed by atoms with Crippen LogP contribution in [0.2, 0.25) is 5.02 Å². The maximum atomic E-state index is 6.23. The van der Waals surface area contributed by atoms with E-state index in [1.165, 1.54) is 7.11 Å². The highest BCUT2D eigenvalue weighted by Gasteiger charge is 2.31. The third-order valence-corrected chi connectivity index (χ3v) is 3.93. The lowest BCUT2D eigenvalue weighted by Crippen LogP contribution is -2.47. The molecule has 1 fully saturated rings. The molecule has 2 aromatic rings. The lowest BCUT2D eigenvalue weighted by atomic mass is 10.1. The number of aryl methyl sites for hydroxylation is 1. The molecule has 0 aromatic carbocycles. The van der Waals surface area contributed by atoms with Gasteiger partial charge >= 0.3 is 6.01 Å². The second kappa shape index (κ2) is 6.05. The maximum absolute atomic E-state index is 6.23. The van der Waals surface area contributed by atoms with Gasteiger partial charge in [0.1, 0.15) is 11.1 Å². The van der Waals surface area contributed by atoms with E-state index in [0.29, 0.717) is 35.1 Å². The number of hydrogen-bond acceptors (Lipinski definition) is 8. The topological polar surface area (TPSA) is 80.4 Å². The summed E-state index contributed by atoms with van der Waals surface area (Å²) in [5.74, 6) is 1.88. The first kappa shape index (κ1) is 15.0. The lowest BCUT2D eigenvalue weighted by Gasteiger charge is -2.38. The Balaban J connectivity index is 1.87. The molecule has 0 amide bonds. The summed E-state index contributed by atoms with van der Waals surface area (Å²) in [6, 6.07) is 0.287. The molecule has 0 bridgehead atoms. The molecule has 1 atom stereocenters. The van der Waals surface area contributed by atoms with E-state index in [1.54, 1.807) is 13.1 Å². The summed E-state index contributed by atoms with van der Waals surface area (Å²) in [6.45, 7) is 4.08. The highest BCUT2D eigenvalue weighted by atomic mass is 35.5. The van der Waals surface area contributed by atoms with Gasteiger partial charge in [0.25, 0.3) is 0 Å². The third kappa shape index (κ3) is 2.84. The molecule has 3 rings (SSSR count). The number of piperazine rings is 1. The van der Waals surface area contributed by atoms with Crippen LogP contribution in [0.4, 0.5) is 5.82 Å². The number of likely N-dealkylation sites (N-methyl/N-ethyl adjacent to an activating group) is 1. The van der Waals surface area contributed by atoms with Crippen LogP contribution < -0.4 is 9.64 Å². The summed E-state index contributed by atoms with van der Waals surface area (Å²) in [5, 5.41) is 4.36. The molecule has 1 saturated heterocycles. The van der Waals surface area contributed by atoms with Gasteiger partial charge in [0.15, 0.2) is 11.6 Å². The Morgan fingerprint density at radius 2 is 2.18 bits per heavy atom. The highest BCUT2D eigenvalue weighted by molar-refractivity contribution is 6.32. The first-order valence-corrected chi connectivity index (χ1v) is 7.28. The third-order valence-electron chi connectivity index (χ3n) is 3.66. The molecule has 0 aliphatic carbocycles. The molecule has 0 spiro atoms. The van der Waals surface area contributed by atoms with Crippen LogP contribution >= 0.6 is 11.6 Å². The van der Waals surface area contributed by atoms with Crippen molar-refractivity contribution in [2.45, 2.75) is 13.0 Å². The fraction of sp³-hybridized carbons (Fsp3) is 0.538. The standard InChI is InChI=1S/C13H17ClN6O2/c1-8-16-12(22-18-8)10-7-20(5-4-19(10)2)11-9(14)6-15-13(17-11)21-3/h6,10H,4-5,7H2,1-3H3/t10-/m0/s1. The summed E-state index contributed by atoms with van der Waals surface area (Å²) >= 11 is 6.23. The molecule has 3 heterocycles. The van der Waals surface area contributed by atoms with Crippen LogP contribution in [0.5, 0.6) is 6.01 Å². The molecule has 0 radical (unpaired) electrons. The Kier molecular flexibility index (Phi) is 4.12. The molecule has 118 valence electrons. The Morgan fingerprint density at radius 1 is 1.36 bits per heavy atom. The first-order valence-electron chi connectivity index (χ1n) is 6.90. The summed E-state index contributed by atoms with van der Waals surface area (Å²) in [5.41, 5.74) is 0. The molecule has 22 heavy (non-hydrogen) atoms. The van der Waals surface area contributed by atoms with E-state index in [4.69, 9.17) is 20.9 Å². The molecule has 0 saturated carbocycles. The number of rotatable bonds is 3. The predicted molar refractivity (Wildman–Crippen MR) is 80.2 cm³/mol. The molecule has 1 aliphatic rings. The number of methoxy groups -OCH3 is 1. The van der Waals surface area contributed by atoms with Gasteiger partial charge in [-0.1, -0.05) is 16.8 Å². The molecule has 1 aliphatic heterocycles.